The molecular weight excluding hydrogens is 536 g/mol. The largest absolute Gasteiger partial charge is 0.465 e. The van der Waals surface area contributed by atoms with Crippen LogP contribution in [0.25, 0.3) is 0 Å². The molecule has 9 heteroatoms. The van der Waals surface area contributed by atoms with Crippen LogP contribution in [0.1, 0.15) is 86.5 Å². The number of nitrogens with zero attached hydrogens (tertiary/aromatic N) is 1. The SMILES string of the molecule is CCC(C)(O)CC1OC1CC(C)/C=C/C=C(\C)[C@H]1OC(=O)CC(O)CCC(C)C/C=C/C1C.O=C(O)N1CCNCC1. The van der Waals surface area contributed by atoms with E-state index in [1.807, 2.05) is 32.9 Å². The Hall–Kier alpha value is -2.20. The van der Waals surface area contributed by atoms with Gasteiger partial charge < -0.3 is 35.0 Å². The van der Waals surface area contributed by atoms with Gasteiger partial charge in [0.25, 0.3) is 0 Å². The van der Waals surface area contributed by atoms with E-state index in [4.69, 9.17) is 14.6 Å². The Bertz CT molecular complexity index is 925. The zero-order valence-corrected chi connectivity index (χ0v) is 26.6. The Balaban J connectivity index is 0.000000581. The number of epoxide rings is 1. The summed E-state index contributed by atoms with van der Waals surface area (Å²) in [4.78, 5) is 24.1. The minimum Gasteiger partial charge on any atom is -0.465 e. The molecule has 4 N–H and O–H groups in total. The zero-order chi connectivity index (χ0) is 31.3. The molecule has 2 saturated heterocycles. The van der Waals surface area contributed by atoms with E-state index in [1.165, 1.54) is 4.90 Å². The van der Waals surface area contributed by atoms with E-state index < -0.39 is 17.8 Å². The predicted molar refractivity (Wildman–Crippen MR) is 165 cm³/mol. The Morgan fingerprint density at radius 2 is 1.93 bits per heavy atom. The minimum atomic E-state index is -0.809. The van der Waals surface area contributed by atoms with Gasteiger partial charge in [0.15, 0.2) is 0 Å². The van der Waals surface area contributed by atoms with E-state index in [-0.39, 0.29) is 36.6 Å². The Labute approximate surface area is 253 Å². The first kappa shape index (κ1) is 36.0. The van der Waals surface area contributed by atoms with E-state index in [0.29, 0.717) is 37.8 Å². The van der Waals surface area contributed by atoms with Gasteiger partial charge in [-0.1, -0.05) is 58.1 Å². The lowest BCUT2D eigenvalue weighted by Gasteiger charge is -2.25. The molecule has 0 bridgehead atoms. The van der Waals surface area contributed by atoms with Gasteiger partial charge in [0.2, 0.25) is 0 Å². The number of piperazine rings is 1. The quantitative estimate of drug-likeness (QED) is 0.133. The van der Waals surface area contributed by atoms with Crippen LogP contribution in [-0.4, -0.2) is 88.5 Å². The number of carboxylic acid groups (broad SMARTS) is 1. The molecule has 3 heterocycles. The third kappa shape index (κ3) is 13.8. The first-order valence-electron chi connectivity index (χ1n) is 15.8. The average Bonchev–Trinajstić information content (AvgIpc) is 3.66. The number of allylic oxidation sites excluding steroid dienone is 4. The molecule has 0 aromatic carbocycles. The molecule has 240 valence electrons. The fourth-order valence-electron chi connectivity index (χ4n) is 5.26. The van der Waals surface area contributed by atoms with Gasteiger partial charge in [-0.05, 0) is 63.4 Å². The number of nitrogens with one attached hydrogen (secondary N) is 1. The number of hydrogen-bond donors (Lipinski definition) is 4. The van der Waals surface area contributed by atoms with Gasteiger partial charge in [0.1, 0.15) is 6.10 Å². The first-order valence-corrected chi connectivity index (χ1v) is 15.8. The van der Waals surface area contributed by atoms with Crippen LogP contribution in [-0.2, 0) is 14.3 Å². The highest BCUT2D eigenvalue weighted by Gasteiger charge is 2.42. The van der Waals surface area contributed by atoms with Crippen molar-refractivity contribution in [3.63, 3.8) is 0 Å². The van der Waals surface area contributed by atoms with Crippen LogP contribution < -0.4 is 5.32 Å². The van der Waals surface area contributed by atoms with E-state index in [1.54, 1.807) is 0 Å². The maximum atomic E-state index is 12.4. The number of esters is 1. The maximum absolute atomic E-state index is 12.4. The molecule has 0 aromatic heterocycles. The highest BCUT2D eigenvalue weighted by Crippen LogP contribution is 2.35. The molecular formula is C33H56N2O7. The van der Waals surface area contributed by atoms with Crippen molar-refractivity contribution in [2.24, 2.45) is 17.8 Å². The molecule has 8 atom stereocenters. The highest BCUT2D eigenvalue weighted by atomic mass is 16.6. The normalized spacial score (nSPS) is 32.3. The lowest BCUT2D eigenvalue weighted by atomic mass is 9.93. The molecule has 0 spiro atoms. The highest BCUT2D eigenvalue weighted by molar-refractivity contribution is 5.70. The molecule has 9 nitrogen and oxygen atoms in total. The van der Waals surface area contributed by atoms with Crippen molar-refractivity contribution < 1.29 is 34.4 Å². The minimum absolute atomic E-state index is 0.0489. The van der Waals surface area contributed by atoms with Crippen molar-refractivity contribution in [3.8, 4) is 0 Å². The van der Waals surface area contributed by atoms with Gasteiger partial charge in [-0.15, -0.1) is 0 Å². The van der Waals surface area contributed by atoms with Crippen molar-refractivity contribution in [1.29, 1.82) is 0 Å². The molecule has 0 saturated carbocycles. The van der Waals surface area contributed by atoms with Crippen molar-refractivity contribution in [1.82, 2.24) is 10.2 Å². The molecule has 3 rings (SSSR count). The summed E-state index contributed by atoms with van der Waals surface area (Å²) in [6.07, 6.45) is 14.0. The van der Waals surface area contributed by atoms with Crippen LogP contribution in [0, 0.1) is 17.8 Å². The Morgan fingerprint density at radius 3 is 2.55 bits per heavy atom. The molecule has 0 aromatic rings. The second kappa shape index (κ2) is 17.8. The zero-order valence-electron chi connectivity index (χ0n) is 26.6. The van der Waals surface area contributed by atoms with E-state index in [2.05, 4.69) is 44.3 Å². The summed E-state index contributed by atoms with van der Waals surface area (Å²) in [5, 5.41) is 31.9. The van der Waals surface area contributed by atoms with Crippen molar-refractivity contribution in [2.45, 2.75) is 117 Å². The standard InChI is InChI=1S/C28H46O5.C5H10N2O2/c1-7-28(6,31)18-25-24(32-25)16-20(3)11-9-13-22(5)27-21(4)12-8-10-19(2)14-15-23(29)17-26(30)33-27;8-5(9)7-3-1-6-2-4-7/h8-9,11-13,19-21,23-25,27,29,31H,7,10,14-18H2,1-6H3;6H,1-4H2,(H,8,9)/b11-9+,12-8+,22-13+;/t19?,20?,21?,23?,24?,25?,27-,28?;/m0./s1. The van der Waals surface area contributed by atoms with Gasteiger partial charge in [-0.3, -0.25) is 4.79 Å². The molecule has 1 amide bonds. The molecule has 3 aliphatic heterocycles. The Kier molecular flexibility index (Phi) is 15.3. The smallest absolute Gasteiger partial charge is 0.407 e. The second-order valence-corrected chi connectivity index (χ2v) is 12.8. The maximum Gasteiger partial charge on any atom is 0.407 e. The van der Waals surface area contributed by atoms with Crippen LogP contribution in [0.4, 0.5) is 4.79 Å². The molecule has 0 radical (unpaired) electrons. The van der Waals surface area contributed by atoms with Crippen LogP contribution in [0.2, 0.25) is 0 Å². The lowest BCUT2D eigenvalue weighted by molar-refractivity contribution is -0.151. The predicted octanol–water partition coefficient (Wildman–Crippen LogP) is 5.08. The fraction of sp³-hybridized carbons (Fsp3) is 0.758. The summed E-state index contributed by atoms with van der Waals surface area (Å²) in [6.45, 7) is 15.1. The molecule has 2 fully saturated rings. The number of aliphatic hydroxyl groups is 2. The van der Waals surface area contributed by atoms with Crippen LogP contribution in [0.5, 0.6) is 0 Å². The van der Waals surface area contributed by atoms with E-state index in [9.17, 15) is 19.8 Å². The average molecular weight is 593 g/mol. The number of ether oxygens (including phenoxy) is 2. The van der Waals surface area contributed by atoms with Gasteiger partial charge >= 0.3 is 12.1 Å². The monoisotopic (exact) mass is 592 g/mol. The summed E-state index contributed by atoms with van der Waals surface area (Å²) in [5.41, 5.74) is 0.339. The van der Waals surface area contributed by atoms with Gasteiger partial charge in [0, 0.05) is 38.5 Å². The summed E-state index contributed by atoms with van der Waals surface area (Å²) in [5.74, 6) is 0.558. The Morgan fingerprint density at radius 1 is 1.24 bits per heavy atom. The third-order valence-electron chi connectivity index (χ3n) is 8.44. The third-order valence-corrected chi connectivity index (χ3v) is 8.44. The van der Waals surface area contributed by atoms with Crippen LogP contribution in [0.3, 0.4) is 0 Å². The summed E-state index contributed by atoms with van der Waals surface area (Å²) < 4.78 is 11.6. The second-order valence-electron chi connectivity index (χ2n) is 12.8. The summed E-state index contributed by atoms with van der Waals surface area (Å²) >= 11 is 0. The van der Waals surface area contributed by atoms with Gasteiger partial charge in [-0.25, -0.2) is 4.79 Å². The number of carbonyl (C=O) groups is 2. The molecule has 0 aliphatic carbocycles. The number of amides is 1. The van der Waals surface area contributed by atoms with Crippen LogP contribution in [0.15, 0.2) is 36.0 Å². The van der Waals surface area contributed by atoms with E-state index in [0.717, 1.165) is 44.3 Å². The number of aliphatic hydroxyl groups excluding tert-OH is 1. The summed E-state index contributed by atoms with van der Waals surface area (Å²) in [7, 11) is 0. The van der Waals surface area contributed by atoms with E-state index >= 15 is 0 Å². The molecule has 3 aliphatic rings. The van der Waals surface area contributed by atoms with Crippen molar-refractivity contribution in [2.75, 3.05) is 26.2 Å². The van der Waals surface area contributed by atoms with Crippen molar-refractivity contribution in [3.05, 3.63) is 36.0 Å². The summed E-state index contributed by atoms with van der Waals surface area (Å²) in [6, 6.07) is 0. The fourth-order valence-corrected chi connectivity index (χ4v) is 5.26. The van der Waals surface area contributed by atoms with Gasteiger partial charge in [-0.2, -0.15) is 0 Å². The topological polar surface area (TPSA) is 132 Å². The van der Waals surface area contributed by atoms with Gasteiger partial charge in [0.05, 0.1) is 30.3 Å². The van der Waals surface area contributed by atoms with Crippen LogP contribution >= 0.6 is 0 Å². The lowest BCUT2D eigenvalue weighted by Crippen LogP contribution is -2.45. The number of carbonyl (C=O) groups excluding carboxylic acids is 1. The number of hydrogen-bond acceptors (Lipinski definition) is 7. The number of rotatable bonds is 8. The number of cyclic esters (lactones) is 1. The van der Waals surface area contributed by atoms with Crippen molar-refractivity contribution >= 4 is 12.1 Å². The molecule has 7 unspecified atom stereocenters. The first-order chi connectivity index (χ1) is 19.8. The molecule has 42 heavy (non-hydrogen) atoms.